The van der Waals surface area contributed by atoms with Gasteiger partial charge in [0.2, 0.25) is 0 Å². The van der Waals surface area contributed by atoms with E-state index in [0.29, 0.717) is 35.1 Å². The summed E-state index contributed by atoms with van der Waals surface area (Å²) in [7, 11) is -2.70. The quantitative estimate of drug-likeness (QED) is 0.0269. The van der Waals surface area contributed by atoms with E-state index in [1.807, 2.05) is 64.1 Å². The second-order valence-electron chi connectivity index (χ2n) is 28.4. The standard InChI is InChI=1S/C79H100O17Si/c1-15-48(5)63-67(94-75-52(9)65(84-44-54-41-42-55-31-29-30-40-60(55)43-54)50(7)61(87-75)45-85-71(80)56-32-21-17-22-33-56)69(89-73(82)58-36-25-19-26-37-58)77(91-63)93-66-51(8)62(46-86-72(81)57-34-23-18-24-35-57)88-76(53(66)10)95-68-64(49(6)16-2)92-78(96-97(13,14)79(11,12)47(3)4)70(68)90-74(83)59-38-27-20-28-39-59/h17-43,47-53,61-70,75-78H,15-16,44-46H2,1-14H3/t48-,49-,50?,51?,52?,53?,61?,62?,63?,64?,65?,66?,67?,68?,69?,70?,75?,76?,77?,78?/m1/s1. The van der Waals surface area contributed by atoms with Gasteiger partial charge in [-0.05, 0) is 107 Å². The van der Waals surface area contributed by atoms with E-state index in [0.717, 1.165) is 16.3 Å². The van der Waals surface area contributed by atoms with Gasteiger partial charge in [-0.25, -0.2) is 19.2 Å². The molecule has 4 saturated heterocycles. The SMILES string of the molecule is CC[C@@H](C)C1OC(OC2C(C)C(COC(=O)c3ccccc3)OC(OC3C(OC(=O)c4ccccc4)C(O[Si](C)(C)C(C)(C)C(C)C)OC3[C@H](C)CC)C2C)C(OC(=O)c2ccccc2)C1OC1OC(COC(=O)c2ccccc2)C(C)C(OCc2ccc3ccccc3c2)C1C. The van der Waals surface area contributed by atoms with Gasteiger partial charge in [-0.1, -0.05) is 205 Å². The average molecular weight is 1350 g/mol. The zero-order chi connectivity index (χ0) is 69.3. The first-order chi connectivity index (χ1) is 46.5. The van der Waals surface area contributed by atoms with Crippen LogP contribution < -0.4 is 0 Å². The van der Waals surface area contributed by atoms with E-state index in [-0.39, 0.29) is 48.5 Å². The fraction of sp³-hybridized carbons (Fsp3) is 0.519. The molecule has 6 aromatic rings. The number of hydrogen-bond donors (Lipinski definition) is 0. The molecule has 97 heavy (non-hydrogen) atoms. The molecule has 0 spiro atoms. The number of benzene rings is 6. The highest BCUT2D eigenvalue weighted by Gasteiger charge is 2.59. The molecule has 4 heterocycles. The highest BCUT2D eigenvalue weighted by Crippen LogP contribution is 2.49. The zero-order valence-electron chi connectivity index (χ0n) is 58.7. The predicted octanol–water partition coefficient (Wildman–Crippen LogP) is 15.2. The largest absolute Gasteiger partial charge is 0.459 e. The molecule has 4 aliphatic heterocycles. The molecule has 18 heteroatoms. The third-order valence-corrected chi connectivity index (χ3v) is 25.9. The van der Waals surface area contributed by atoms with Crippen molar-refractivity contribution in [2.75, 3.05) is 13.2 Å². The Hall–Kier alpha value is -6.68. The fourth-order valence-electron chi connectivity index (χ4n) is 13.5. The van der Waals surface area contributed by atoms with Crippen LogP contribution in [-0.2, 0) is 67.9 Å². The van der Waals surface area contributed by atoms with Crippen LogP contribution in [-0.4, -0.2) is 132 Å². The van der Waals surface area contributed by atoms with Gasteiger partial charge in [0.1, 0.15) is 25.4 Å². The summed E-state index contributed by atoms with van der Waals surface area (Å²) in [5, 5.41) is 1.96. The van der Waals surface area contributed by atoms with Crippen LogP contribution in [0.15, 0.2) is 164 Å². The van der Waals surface area contributed by atoms with E-state index >= 15 is 0 Å². The predicted molar refractivity (Wildman–Crippen MR) is 370 cm³/mol. The van der Waals surface area contributed by atoms with Crippen LogP contribution in [0.2, 0.25) is 18.1 Å². The van der Waals surface area contributed by atoms with Crippen molar-refractivity contribution < 1.29 is 80.4 Å². The number of hydrogen-bond acceptors (Lipinski definition) is 17. The number of carbonyl (C=O) groups is 4. The molecular weight excluding hydrogens is 1250 g/mol. The molecule has 0 radical (unpaired) electrons. The molecular formula is C79H100O17Si. The molecule has 20 atom stereocenters. The van der Waals surface area contributed by atoms with Crippen molar-refractivity contribution in [2.24, 2.45) is 41.4 Å². The van der Waals surface area contributed by atoms with Gasteiger partial charge in [-0.15, -0.1) is 0 Å². The maximum Gasteiger partial charge on any atom is 0.338 e. The Morgan fingerprint density at radius 1 is 0.443 bits per heavy atom. The minimum atomic E-state index is -2.70. The number of carbonyl (C=O) groups excluding carboxylic acids is 4. The Balaban J connectivity index is 1.00. The van der Waals surface area contributed by atoms with Gasteiger partial charge in [0.25, 0.3) is 0 Å². The van der Waals surface area contributed by atoms with E-state index in [2.05, 4.69) is 98.8 Å². The summed E-state index contributed by atoms with van der Waals surface area (Å²) < 4.78 is 90.1. The van der Waals surface area contributed by atoms with Crippen molar-refractivity contribution in [1.29, 1.82) is 0 Å². The number of fused-ring (bicyclic) bond motifs is 1. The molecule has 522 valence electrons. The summed E-state index contributed by atoms with van der Waals surface area (Å²) in [4.78, 5) is 56.7. The van der Waals surface area contributed by atoms with Crippen LogP contribution in [0.25, 0.3) is 10.8 Å². The first-order valence-corrected chi connectivity index (χ1v) is 37.7. The maximum atomic E-state index is 14.8. The van der Waals surface area contributed by atoms with Crippen LogP contribution >= 0.6 is 0 Å². The zero-order valence-corrected chi connectivity index (χ0v) is 59.7. The van der Waals surface area contributed by atoms with E-state index in [4.69, 9.17) is 61.3 Å². The monoisotopic (exact) mass is 1350 g/mol. The summed E-state index contributed by atoms with van der Waals surface area (Å²) in [6.07, 6.45) is -11.7. The van der Waals surface area contributed by atoms with Gasteiger partial charge in [-0.2, -0.15) is 0 Å². The van der Waals surface area contributed by atoms with Crippen LogP contribution in [0.3, 0.4) is 0 Å². The van der Waals surface area contributed by atoms with Gasteiger partial charge in [0, 0.05) is 23.7 Å². The van der Waals surface area contributed by atoms with Gasteiger partial charge < -0.3 is 61.3 Å². The molecule has 0 bridgehead atoms. The third-order valence-electron chi connectivity index (χ3n) is 21.4. The van der Waals surface area contributed by atoms with Crippen LogP contribution in [0.5, 0.6) is 0 Å². The third kappa shape index (κ3) is 17.0. The number of rotatable bonds is 27. The Bertz CT molecular complexity index is 3520. The van der Waals surface area contributed by atoms with Gasteiger partial charge in [0.05, 0.1) is 65.5 Å². The van der Waals surface area contributed by atoms with E-state index in [1.165, 1.54) is 0 Å². The van der Waals surface area contributed by atoms with E-state index < -0.39 is 136 Å². The molecule has 4 aliphatic rings. The topological polar surface area (TPSA) is 188 Å². The van der Waals surface area contributed by atoms with Crippen molar-refractivity contribution in [3.63, 3.8) is 0 Å². The lowest BCUT2D eigenvalue weighted by molar-refractivity contribution is -0.317. The molecule has 0 amide bonds. The molecule has 0 aromatic heterocycles. The molecule has 0 N–H and O–H groups in total. The van der Waals surface area contributed by atoms with Gasteiger partial charge in [-0.3, -0.25) is 0 Å². The molecule has 10 rings (SSSR count). The molecule has 4 fully saturated rings. The van der Waals surface area contributed by atoms with E-state index in [1.54, 1.807) is 97.1 Å². The first-order valence-electron chi connectivity index (χ1n) is 34.8. The lowest BCUT2D eigenvalue weighted by Gasteiger charge is -2.46. The molecule has 6 aromatic carbocycles. The summed E-state index contributed by atoms with van der Waals surface area (Å²) in [6, 6.07) is 49.5. The van der Waals surface area contributed by atoms with Crippen molar-refractivity contribution in [1.82, 2.24) is 0 Å². The molecule has 0 saturated carbocycles. The minimum absolute atomic E-state index is 0.110. The summed E-state index contributed by atoms with van der Waals surface area (Å²) in [5.74, 6) is -4.28. The summed E-state index contributed by atoms with van der Waals surface area (Å²) in [5.41, 5.74) is 2.38. The Labute approximate surface area is 573 Å². The Morgan fingerprint density at radius 3 is 1.29 bits per heavy atom. The second-order valence-corrected chi connectivity index (χ2v) is 32.9. The Kier molecular flexibility index (Phi) is 24.5. The second kappa shape index (κ2) is 32.5. The Morgan fingerprint density at radius 2 is 0.835 bits per heavy atom. The average Bonchev–Trinajstić information content (AvgIpc) is 1.68. The summed E-state index contributed by atoms with van der Waals surface area (Å²) >= 11 is 0. The van der Waals surface area contributed by atoms with Crippen molar-refractivity contribution in [2.45, 2.75) is 207 Å². The van der Waals surface area contributed by atoms with E-state index in [9.17, 15) is 19.2 Å². The summed E-state index contributed by atoms with van der Waals surface area (Å²) in [6.45, 7) is 29.3. The first kappa shape index (κ1) is 73.0. The number of ether oxygens (including phenoxy) is 12. The smallest absolute Gasteiger partial charge is 0.338 e. The number of esters is 4. The van der Waals surface area contributed by atoms with Crippen molar-refractivity contribution >= 4 is 43.0 Å². The fourth-order valence-corrected chi connectivity index (χ4v) is 16.0. The van der Waals surface area contributed by atoms with Gasteiger partial charge in [0.15, 0.2) is 45.7 Å². The molecule has 17 nitrogen and oxygen atoms in total. The van der Waals surface area contributed by atoms with Crippen LogP contribution in [0, 0.1) is 41.4 Å². The molecule has 0 aliphatic carbocycles. The van der Waals surface area contributed by atoms with Crippen molar-refractivity contribution in [3.8, 4) is 0 Å². The van der Waals surface area contributed by atoms with Gasteiger partial charge >= 0.3 is 23.9 Å². The minimum Gasteiger partial charge on any atom is -0.459 e. The highest BCUT2D eigenvalue weighted by molar-refractivity contribution is 6.74. The maximum absolute atomic E-state index is 14.8. The van der Waals surface area contributed by atoms with Crippen LogP contribution in [0.1, 0.15) is 143 Å². The van der Waals surface area contributed by atoms with Crippen LogP contribution in [0.4, 0.5) is 0 Å². The lowest BCUT2D eigenvalue weighted by atomic mass is 9.85. The highest BCUT2D eigenvalue weighted by atomic mass is 28.4. The van der Waals surface area contributed by atoms with Crippen molar-refractivity contribution in [3.05, 3.63) is 192 Å². The normalized spacial score (nSPS) is 29.8. The molecule has 18 unspecified atom stereocenters. The lowest BCUT2D eigenvalue weighted by Crippen LogP contribution is -2.57.